The molecule has 1 aliphatic rings. The van der Waals surface area contributed by atoms with Crippen molar-refractivity contribution in [2.24, 2.45) is 0 Å². The maximum atomic E-state index is 14.6. The van der Waals surface area contributed by atoms with Gasteiger partial charge >= 0.3 is 23.7 Å². The van der Waals surface area contributed by atoms with Crippen LogP contribution >= 0.6 is 0 Å². The largest absolute Gasteiger partial charge is 0.393 e. The zero-order valence-electron chi connectivity index (χ0n) is 13.4. The molecule has 0 amide bonds. The number of benzene rings is 1. The lowest BCUT2D eigenvalue weighted by molar-refractivity contribution is -0.303. The van der Waals surface area contributed by atoms with Crippen molar-refractivity contribution in [1.82, 2.24) is 0 Å². The highest BCUT2D eigenvalue weighted by molar-refractivity contribution is 5.39. The van der Waals surface area contributed by atoms with Gasteiger partial charge in [-0.2, -0.15) is 35.1 Å². The molecule has 1 aromatic rings. The molecule has 1 atom stereocenters. The van der Waals surface area contributed by atoms with Crippen LogP contribution in [0, 0.1) is 0 Å². The first-order chi connectivity index (χ1) is 11.6. The van der Waals surface area contributed by atoms with Gasteiger partial charge in [-0.25, -0.2) is 4.39 Å². The summed E-state index contributed by atoms with van der Waals surface area (Å²) in [6.07, 6.45) is 0.413. The van der Waals surface area contributed by atoms with Gasteiger partial charge in [0.2, 0.25) is 0 Å². The molecule has 1 fully saturated rings. The van der Waals surface area contributed by atoms with E-state index >= 15 is 0 Å². The topological polar surface area (TPSA) is 20.2 Å². The quantitative estimate of drug-likeness (QED) is 0.689. The van der Waals surface area contributed by atoms with Gasteiger partial charge < -0.3 is 5.11 Å². The Balaban J connectivity index is 2.43. The molecule has 0 radical (unpaired) electrons. The molecule has 10 heteroatoms. The van der Waals surface area contributed by atoms with Gasteiger partial charge in [0.25, 0.3) is 5.67 Å². The number of rotatable bonds is 5. The maximum Gasteiger partial charge on any atom is 0.382 e. The Hall–Kier alpha value is -1.45. The van der Waals surface area contributed by atoms with Crippen molar-refractivity contribution in [3.05, 3.63) is 35.4 Å². The molecule has 0 bridgehead atoms. The number of halogens is 9. The summed E-state index contributed by atoms with van der Waals surface area (Å²) in [7, 11) is 0. The van der Waals surface area contributed by atoms with Gasteiger partial charge in [-0.3, -0.25) is 0 Å². The summed E-state index contributed by atoms with van der Waals surface area (Å²) in [6.45, 7) is 1.51. The number of aryl methyl sites for hydroxylation is 1. The fraction of sp³-hybridized carbons (Fsp3) is 0.625. The van der Waals surface area contributed by atoms with Crippen molar-refractivity contribution in [2.45, 2.75) is 61.6 Å². The van der Waals surface area contributed by atoms with Gasteiger partial charge in [0, 0.05) is 5.56 Å². The molecule has 0 spiro atoms. The molecule has 1 saturated carbocycles. The van der Waals surface area contributed by atoms with E-state index in [0.717, 1.165) is 12.1 Å². The van der Waals surface area contributed by atoms with Crippen LogP contribution in [0.2, 0.25) is 0 Å². The highest BCUT2D eigenvalue weighted by Crippen LogP contribution is 2.72. The first-order valence-corrected chi connectivity index (χ1v) is 7.62. The standard InChI is InChI=1S/C16H15F9O/c1-9(26)3-2-4-10-5-7-11(8-6-10)12(17)13(18,19)15(22,23)16(24,25)14(12,20)21/h5-9,26H,2-4H2,1H3. The lowest BCUT2D eigenvalue weighted by Crippen LogP contribution is -2.52. The molecule has 1 aliphatic carbocycles. The van der Waals surface area contributed by atoms with Gasteiger partial charge in [0.15, 0.2) is 0 Å². The Labute approximate surface area is 142 Å². The Bertz CT molecular complexity index is 626. The van der Waals surface area contributed by atoms with E-state index in [-0.39, 0.29) is 6.42 Å². The third-order valence-electron chi connectivity index (χ3n) is 4.49. The van der Waals surface area contributed by atoms with Crippen molar-refractivity contribution in [3.63, 3.8) is 0 Å². The monoisotopic (exact) mass is 394 g/mol. The highest BCUT2D eigenvalue weighted by Gasteiger charge is 3.00. The van der Waals surface area contributed by atoms with Crippen LogP contribution in [0.25, 0.3) is 0 Å². The van der Waals surface area contributed by atoms with Crippen LogP contribution < -0.4 is 0 Å². The second-order valence-corrected chi connectivity index (χ2v) is 6.39. The number of aliphatic hydroxyl groups is 1. The van der Waals surface area contributed by atoms with Crippen LogP contribution in [-0.2, 0) is 12.1 Å². The molecule has 2 rings (SSSR count). The average molecular weight is 394 g/mol. The third kappa shape index (κ3) is 2.44. The molecule has 1 aromatic carbocycles. The first-order valence-electron chi connectivity index (χ1n) is 7.62. The van der Waals surface area contributed by atoms with Crippen molar-refractivity contribution in [3.8, 4) is 0 Å². The smallest absolute Gasteiger partial charge is 0.382 e. The lowest BCUT2D eigenvalue weighted by Gasteiger charge is -2.31. The molecular weight excluding hydrogens is 379 g/mol. The highest BCUT2D eigenvalue weighted by atomic mass is 19.4. The van der Waals surface area contributed by atoms with E-state index < -0.39 is 41.0 Å². The van der Waals surface area contributed by atoms with Gasteiger partial charge in [-0.05, 0) is 31.7 Å². The van der Waals surface area contributed by atoms with Gasteiger partial charge in [0.05, 0.1) is 6.10 Å². The van der Waals surface area contributed by atoms with Crippen LogP contribution in [0.3, 0.4) is 0 Å². The molecule has 26 heavy (non-hydrogen) atoms. The molecule has 1 N–H and O–H groups in total. The maximum absolute atomic E-state index is 14.6. The van der Waals surface area contributed by atoms with Gasteiger partial charge in [0.1, 0.15) is 0 Å². The number of hydrogen-bond acceptors (Lipinski definition) is 1. The molecule has 0 aliphatic heterocycles. The number of alkyl halides is 9. The van der Waals surface area contributed by atoms with Gasteiger partial charge in [-0.15, -0.1) is 0 Å². The summed E-state index contributed by atoms with van der Waals surface area (Å²) in [6, 6.07) is 2.58. The Morgan fingerprint density at radius 1 is 0.769 bits per heavy atom. The molecular formula is C16H15F9O. The van der Waals surface area contributed by atoms with Crippen LogP contribution in [0.1, 0.15) is 30.9 Å². The Morgan fingerprint density at radius 3 is 1.58 bits per heavy atom. The molecule has 148 valence electrons. The lowest BCUT2D eigenvalue weighted by atomic mass is 9.87. The minimum Gasteiger partial charge on any atom is -0.393 e. The van der Waals surface area contributed by atoms with Crippen LogP contribution in [-0.4, -0.2) is 34.9 Å². The predicted octanol–water partition coefficient (Wildman–Crippen LogP) is 5.11. The molecule has 0 aromatic heterocycles. The minimum atomic E-state index is -6.58. The fourth-order valence-electron chi connectivity index (χ4n) is 2.89. The summed E-state index contributed by atoms with van der Waals surface area (Å²) in [5.74, 6) is -25.8. The second-order valence-electron chi connectivity index (χ2n) is 6.39. The van der Waals surface area contributed by atoms with E-state index in [1.54, 1.807) is 0 Å². The summed E-state index contributed by atoms with van der Waals surface area (Å²) >= 11 is 0. The first kappa shape index (κ1) is 20.9. The summed E-state index contributed by atoms with van der Waals surface area (Å²) in [5.41, 5.74) is -6.89. The second kappa shape index (κ2) is 6.03. The van der Waals surface area contributed by atoms with E-state index in [2.05, 4.69) is 0 Å². The zero-order chi connectivity index (χ0) is 20.2. The fourth-order valence-corrected chi connectivity index (χ4v) is 2.89. The van der Waals surface area contributed by atoms with Crippen molar-refractivity contribution < 1.29 is 44.6 Å². The molecule has 0 saturated heterocycles. The average Bonchev–Trinajstić information content (AvgIpc) is 2.57. The van der Waals surface area contributed by atoms with Crippen LogP contribution in [0.5, 0.6) is 0 Å². The van der Waals surface area contributed by atoms with Crippen LogP contribution in [0.15, 0.2) is 24.3 Å². The summed E-state index contributed by atoms with van der Waals surface area (Å²) in [4.78, 5) is 0. The summed E-state index contributed by atoms with van der Waals surface area (Å²) < 4.78 is 123. The normalized spacial score (nSPS) is 25.8. The molecule has 1 nitrogen and oxygen atoms in total. The minimum absolute atomic E-state index is 0.254. The Morgan fingerprint density at radius 2 is 1.19 bits per heavy atom. The zero-order valence-corrected chi connectivity index (χ0v) is 13.4. The predicted molar refractivity (Wildman–Crippen MR) is 73.6 cm³/mol. The third-order valence-corrected chi connectivity index (χ3v) is 4.49. The van der Waals surface area contributed by atoms with Crippen molar-refractivity contribution >= 4 is 0 Å². The van der Waals surface area contributed by atoms with Crippen molar-refractivity contribution in [1.29, 1.82) is 0 Å². The van der Waals surface area contributed by atoms with E-state index in [4.69, 9.17) is 5.11 Å². The van der Waals surface area contributed by atoms with E-state index in [1.807, 2.05) is 0 Å². The number of aliphatic hydroxyl groups excluding tert-OH is 1. The van der Waals surface area contributed by atoms with Crippen molar-refractivity contribution in [2.75, 3.05) is 0 Å². The Kier molecular flexibility index (Phi) is 4.84. The summed E-state index contributed by atoms with van der Waals surface area (Å²) in [5, 5.41) is 9.11. The van der Waals surface area contributed by atoms with Gasteiger partial charge in [-0.1, -0.05) is 24.3 Å². The van der Waals surface area contributed by atoms with E-state index in [0.29, 0.717) is 30.5 Å². The van der Waals surface area contributed by atoms with E-state index in [9.17, 15) is 39.5 Å². The number of hydrogen-bond donors (Lipinski definition) is 1. The SMILES string of the molecule is CC(O)CCCc1ccc(C2(F)C(F)(F)C(F)(F)C(F)(F)C2(F)F)cc1. The van der Waals surface area contributed by atoms with Crippen LogP contribution in [0.4, 0.5) is 39.5 Å². The molecule has 1 unspecified atom stereocenters. The molecule has 0 heterocycles. The van der Waals surface area contributed by atoms with E-state index in [1.165, 1.54) is 6.92 Å².